The molecular weight excluding hydrogens is 268 g/mol. The number of rotatable bonds is 2. The summed E-state index contributed by atoms with van der Waals surface area (Å²) in [6.45, 7) is 0.958. The quantitative estimate of drug-likeness (QED) is 0.828. The number of nitrogens with zero attached hydrogens (tertiary/aromatic N) is 1. The Morgan fingerprint density at radius 3 is 2.58 bits per heavy atom. The van der Waals surface area contributed by atoms with Crippen molar-refractivity contribution in [3.05, 3.63) is 29.3 Å². The van der Waals surface area contributed by atoms with E-state index in [0.29, 0.717) is 36.7 Å². The van der Waals surface area contributed by atoms with Crippen molar-refractivity contribution in [1.29, 1.82) is 0 Å². The zero-order valence-corrected chi connectivity index (χ0v) is 11.1. The van der Waals surface area contributed by atoms with E-state index < -0.39 is 11.8 Å². The molecule has 0 aliphatic carbocycles. The van der Waals surface area contributed by atoms with Crippen LogP contribution in [0.2, 0.25) is 5.02 Å². The number of hydrogen-bond acceptors (Lipinski definition) is 3. The van der Waals surface area contributed by atoms with Crippen LogP contribution in [0.25, 0.3) is 0 Å². The van der Waals surface area contributed by atoms with Crippen molar-refractivity contribution in [3.63, 3.8) is 0 Å². The normalized spacial score (nSPS) is 16.2. The largest absolute Gasteiger partial charge is 0.490 e. The second kappa shape index (κ2) is 5.93. The lowest BCUT2D eigenvalue weighted by atomic mass is 10.1. The highest BCUT2D eigenvalue weighted by Gasteiger charge is 2.26. The van der Waals surface area contributed by atoms with E-state index in [0.717, 1.165) is 0 Å². The number of nitrogens with two attached hydrogens (primary N) is 1. The summed E-state index contributed by atoms with van der Waals surface area (Å²) in [4.78, 5) is 23.7. The van der Waals surface area contributed by atoms with E-state index >= 15 is 0 Å². The molecule has 5 nitrogen and oxygen atoms in total. The van der Waals surface area contributed by atoms with Crippen molar-refractivity contribution in [1.82, 2.24) is 4.90 Å². The number of amides is 2. The van der Waals surface area contributed by atoms with Gasteiger partial charge in [-0.05, 0) is 18.2 Å². The van der Waals surface area contributed by atoms with Crippen LogP contribution in [0.1, 0.15) is 12.8 Å². The van der Waals surface area contributed by atoms with E-state index in [4.69, 9.17) is 22.1 Å². The van der Waals surface area contributed by atoms with E-state index in [1.54, 1.807) is 12.1 Å². The SMILES string of the molecule is NC(=O)C(=O)N1CCC(Oc2cccc(Cl)c2)CC1. The zero-order valence-electron chi connectivity index (χ0n) is 10.3. The Kier molecular flexibility index (Phi) is 4.27. The number of carbonyl (C=O) groups is 2. The minimum atomic E-state index is -0.908. The number of ether oxygens (including phenoxy) is 1. The number of primary amides is 1. The van der Waals surface area contributed by atoms with Crippen LogP contribution in [0, 0.1) is 0 Å². The van der Waals surface area contributed by atoms with Crippen molar-refractivity contribution in [2.75, 3.05) is 13.1 Å². The standard InChI is InChI=1S/C13H15ClN2O3/c14-9-2-1-3-11(8-9)19-10-4-6-16(7-5-10)13(18)12(15)17/h1-3,8,10H,4-7H2,(H2,15,17). The van der Waals surface area contributed by atoms with Crippen molar-refractivity contribution in [2.45, 2.75) is 18.9 Å². The number of likely N-dealkylation sites (tertiary alicyclic amines) is 1. The van der Waals surface area contributed by atoms with Gasteiger partial charge in [-0.15, -0.1) is 0 Å². The Bertz CT molecular complexity index is 485. The molecule has 0 atom stereocenters. The number of hydrogen-bond donors (Lipinski definition) is 1. The van der Waals surface area contributed by atoms with Crippen LogP contribution in [-0.2, 0) is 9.59 Å². The maximum atomic E-state index is 11.4. The zero-order chi connectivity index (χ0) is 13.8. The van der Waals surface area contributed by atoms with Gasteiger partial charge >= 0.3 is 11.8 Å². The Hall–Kier alpha value is -1.75. The van der Waals surface area contributed by atoms with Gasteiger partial charge in [-0.2, -0.15) is 0 Å². The molecule has 6 heteroatoms. The van der Waals surface area contributed by atoms with Gasteiger partial charge in [0.25, 0.3) is 0 Å². The molecule has 0 bridgehead atoms. The monoisotopic (exact) mass is 282 g/mol. The third kappa shape index (κ3) is 3.61. The van der Waals surface area contributed by atoms with E-state index in [9.17, 15) is 9.59 Å². The number of carbonyl (C=O) groups excluding carboxylic acids is 2. The molecule has 1 aliphatic heterocycles. The van der Waals surface area contributed by atoms with Gasteiger partial charge in [-0.25, -0.2) is 0 Å². The number of halogens is 1. The van der Waals surface area contributed by atoms with Gasteiger partial charge in [0, 0.05) is 31.0 Å². The topological polar surface area (TPSA) is 72.6 Å². The highest BCUT2D eigenvalue weighted by atomic mass is 35.5. The van der Waals surface area contributed by atoms with Gasteiger partial charge in [-0.1, -0.05) is 17.7 Å². The first kappa shape index (κ1) is 13.7. The molecule has 0 radical (unpaired) electrons. The molecule has 1 saturated heterocycles. The van der Waals surface area contributed by atoms with Crippen molar-refractivity contribution in [2.24, 2.45) is 5.73 Å². The minimum absolute atomic E-state index is 0.0235. The fourth-order valence-electron chi connectivity index (χ4n) is 2.07. The molecule has 0 saturated carbocycles. The summed E-state index contributed by atoms with van der Waals surface area (Å²) in [6.07, 6.45) is 1.37. The molecule has 102 valence electrons. The first-order chi connectivity index (χ1) is 9.06. The Balaban J connectivity index is 1.87. The van der Waals surface area contributed by atoms with Crippen LogP contribution in [0.4, 0.5) is 0 Å². The third-order valence-corrected chi connectivity index (χ3v) is 3.27. The predicted octanol–water partition coefficient (Wildman–Crippen LogP) is 1.20. The van der Waals surface area contributed by atoms with Crippen LogP contribution < -0.4 is 10.5 Å². The number of piperidine rings is 1. The summed E-state index contributed by atoms with van der Waals surface area (Å²) >= 11 is 5.88. The summed E-state index contributed by atoms with van der Waals surface area (Å²) in [5, 5.41) is 0.624. The van der Waals surface area contributed by atoms with Gasteiger partial charge in [0.1, 0.15) is 11.9 Å². The molecule has 1 aliphatic rings. The van der Waals surface area contributed by atoms with Gasteiger partial charge in [0.15, 0.2) is 0 Å². The molecule has 2 amide bonds. The van der Waals surface area contributed by atoms with Crippen LogP contribution in [0.5, 0.6) is 5.75 Å². The first-order valence-corrected chi connectivity index (χ1v) is 6.45. The van der Waals surface area contributed by atoms with Crippen molar-refractivity contribution < 1.29 is 14.3 Å². The lowest BCUT2D eigenvalue weighted by Gasteiger charge is -2.31. The highest BCUT2D eigenvalue weighted by molar-refractivity contribution is 6.34. The Labute approximate surface area is 116 Å². The summed E-state index contributed by atoms with van der Waals surface area (Å²) in [7, 11) is 0. The van der Waals surface area contributed by atoms with Crippen molar-refractivity contribution >= 4 is 23.4 Å². The van der Waals surface area contributed by atoms with Gasteiger partial charge < -0.3 is 15.4 Å². The van der Waals surface area contributed by atoms with Crippen LogP contribution >= 0.6 is 11.6 Å². The Morgan fingerprint density at radius 1 is 1.32 bits per heavy atom. The second-order valence-electron chi connectivity index (χ2n) is 4.43. The average molecular weight is 283 g/mol. The molecule has 1 fully saturated rings. The van der Waals surface area contributed by atoms with Crippen molar-refractivity contribution in [3.8, 4) is 5.75 Å². The highest BCUT2D eigenvalue weighted by Crippen LogP contribution is 2.22. The molecule has 19 heavy (non-hydrogen) atoms. The second-order valence-corrected chi connectivity index (χ2v) is 4.87. The predicted molar refractivity (Wildman–Crippen MR) is 70.9 cm³/mol. The third-order valence-electron chi connectivity index (χ3n) is 3.04. The van der Waals surface area contributed by atoms with E-state index in [2.05, 4.69) is 0 Å². The fraction of sp³-hybridized carbons (Fsp3) is 0.385. The Morgan fingerprint density at radius 2 is 2.00 bits per heavy atom. The smallest absolute Gasteiger partial charge is 0.311 e. The summed E-state index contributed by atoms with van der Waals surface area (Å²) < 4.78 is 5.79. The lowest BCUT2D eigenvalue weighted by molar-refractivity contribution is -0.145. The molecule has 2 rings (SSSR count). The van der Waals surface area contributed by atoms with Crippen LogP contribution in [-0.4, -0.2) is 35.9 Å². The lowest BCUT2D eigenvalue weighted by Crippen LogP contribution is -2.46. The molecular formula is C13H15ClN2O3. The summed E-state index contributed by atoms with van der Waals surface area (Å²) in [5.74, 6) is -0.817. The first-order valence-electron chi connectivity index (χ1n) is 6.07. The molecule has 1 heterocycles. The van der Waals surface area contributed by atoms with Gasteiger partial charge in [-0.3, -0.25) is 9.59 Å². The van der Waals surface area contributed by atoms with Gasteiger partial charge in [0.2, 0.25) is 0 Å². The van der Waals surface area contributed by atoms with E-state index in [-0.39, 0.29) is 6.10 Å². The molecule has 0 aromatic heterocycles. The maximum Gasteiger partial charge on any atom is 0.311 e. The average Bonchev–Trinajstić information content (AvgIpc) is 2.39. The van der Waals surface area contributed by atoms with Crippen LogP contribution in [0.3, 0.4) is 0 Å². The maximum absolute atomic E-state index is 11.4. The van der Waals surface area contributed by atoms with E-state index in [1.165, 1.54) is 4.90 Å². The van der Waals surface area contributed by atoms with Crippen LogP contribution in [0.15, 0.2) is 24.3 Å². The molecule has 1 aromatic rings. The molecule has 1 aromatic carbocycles. The van der Waals surface area contributed by atoms with E-state index in [1.807, 2.05) is 12.1 Å². The molecule has 0 unspecified atom stereocenters. The minimum Gasteiger partial charge on any atom is -0.490 e. The molecule has 2 N–H and O–H groups in total. The fourth-order valence-corrected chi connectivity index (χ4v) is 2.25. The summed E-state index contributed by atoms with van der Waals surface area (Å²) in [6, 6.07) is 7.20. The number of benzene rings is 1. The molecule has 0 spiro atoms. The summed E-state index contributed by atoms with van der Waals surface area (Å²) in [5.41, 5.74) is 4.97. The van der Waals surface area contributed by atoms with Gasteiger partial charge in [0.05, 0.1) is 0 Å².